The summed E-state index contributed by atoms with van der Waals surface area (Å²) in [5.41, 5.74) is 3.12. The molecule has 8 nitrogen and oxygen atoms in total. The Kier molecular flexibility index (Phi) is 5.72. The molecule has 35 heavy (non-hydrogen) atoms. The van der Waals surface area contributed by atoms with E-state index in [4.69, 9.17) is 4.74 Å². The zero-order valence-electron chi connectivity index (χ0n) is 20.4. The number of likely N-dealkylation sites (tertiary alicyclic amines) is 1. The van der Waals surface area contributed by atoms with Gasteiger partial charge in [-0.3, -0.25) is 9.48 Å². The van der Waals surface area contributed by atoms with Gasteiger partial charge in [0.05, 0.1) is 16.8 Å². The maximum Gasteiger partial charge on any atom is 0.253 e. The largest absolute Gasteiger partial charge is 0.482 e. The smallest absolute Gasteiger partial charge is 0.253 e. The Balaban J connectivity index is 1.34. The number of fused-ring (bicyclic) bond motifs is 4. The van der Waals surface area contributed by atoms with Gasteiger partial charge >= 0.3 is 0 Å². The molecule has 1 spiro atoms. The number of amides is 1. The fraction of sp³-hybridized carbons (Fsp3) is 0.385. The van der Waals surface area contributed by atoms with E-state index in [1.165, 1.54) is 16.4 Å². The number of carbonyl (C=O) groups excluding carboxylic acids is 1. The number of para-hydroxylation sites is 1. The van der Waals surface area contributed by atoms with Crippen LogP contribution < -0.4 is 4.74 Å². The molecule has 3 aromatic rings. The number of aryl methyl sites for hydroxylation is 1. The lowest BCUT2D eigenvalue weighted by molar-refractivity contribution is -0.00172. The van der Waals surface area contributed by atoms with Crippen molar-refractivity contribution in [3.8, 4) is 17.0 Å². The number of ether oxygens (including phenoxy) is 1. The highest BCUT2D eigenvalue weighted by atomic mass is 32.2. The standard InChI is InChI=1S/C26H30N4O4S/c1-18(2)29(4)35(32,33)20-11-9-19(10-12-20)25(31)30-15-13-26(14-16-30)22-17-27-28(3)24(22)21-7-5-6-8-23(21)34-26/h5-12,17-18H,13-16H2,1-4H3. The third-order valence-corrected chi connectivity index (χ3v) is 9.29. The second-order valence-electron chi connectivity index (χ2n) is 9.55. The summed E-state index contributed by atoms with van der Waals surface area (Å²) in [6.45, 7) is 4.71. The van der Waals surface area contributed by atoms with E-state index in [2.05, 4.69) is 5.10 Å². The molecule has 1 aromatic heterocycles. The highest BCUT2D eigenvalue weighted by molar-refractivity contribution is 7.89. The van der Waals surface area contributed by atoms with Crippen LogP contribution in [0.15, 0.2) is 59.6 Å². The van der Waals surface area contributed by atoms with E-state index in [0.717, 1.165) is 22.6 Å². The van der Waals surface area contributed by atoms with Crippen molar-refractivity contribution in [2.45, 2.75) is 43.2 Å². The average Bonchev–Trinajstić information content (AvgIpc) is 3.26. The topological polar surface area (TPSA) is 84.7 Å². The Labute approximate surface area is 206 Å². The van der Waals surface area contributed by atoms with Crippen LogP contribution in [0.2, 0.25) is 0 Å². The van der Waals surface area contributed by atoms with Gasteiger partial charge in [0.15, 0.2) is 0 Å². The van der Waals surface area contributed by atoms with Gasteiger partial charge in [0.2, 0.25) is 10.0 Å². The van der Waals surface area contributed by atoms with Gasteiger partial charge in [0, 0.05) is 62.8 Å². The van der Waals surface area contributed by atoms with Gasteiger partial charge in [-0.2, -0.15) is 9.40 Å². The van der Waals surface area contributed by atoms with Gasteiger partial charge in [-0.05, 0) is 50.2 Å². The molecule has 1 amide bonds. The maximum atomic E-state index is 13.2. The van der Waals surface area contributed by atoms with Crippen LogP contribution in [-0.4, -0.2) is 59.5 Å². The predicted octanol–water partition coefficient (Wildman–Crippen LogP) is 3.64. The highest BCUT2D eigenvalue weighted by Crippen LogP contribution is 2.49. The molecule has 2 aliphatic heterocycles. The van der Waals surface area contributed by atoms with Gasteiger partial charge in [-0.1, -0.05) is 12.1 Å². The molecule has 0 aliphatic carbocycles. The fourth-order valence-corrected chi connectivity index (χ4v) is 6.31. The van der Waals surface area contributed by atoms with Crippen LogP contribution in [0.25, 0.3) is 11.3 Å². The number of carbonyl (C=O) groups is 1. The van der Waals surface area contributed by atoms with Crippen LogP contribution >= 0.6 is 0 Å². The number of rotatable bonds is 4. The second kappa shape index (κ2) is 8.49. The molecule has 0 atom stereocenters. The van der Waals surface area contributed by atoms with Crippen LogP contribution in [0.4, 0.5) is 0 Å². The molecule has 2 aliphatic rings. The zero-order chi connectivity index (χ0) is 25.0. The first-order valence-electron chi connectivity index (χ1n) is 11.8. The van der Waals surface area contributed by atoms with Crippen LogP contribution in [0.5, 0.6) is 5.75 Å². The summed E-state index contributed by atoms with van der Waals surface area (Å²) in [6, 6.07) is 14.1. The molecule has 0 bridgehead atoms. The molecular weight excluding hydrogens is 464 g/mol. The molecular formula is C26H30N4O4S. The lowest BCUT2D eigenvalue weighted by Gasteiger charge is -2.44. The van der Waals surface area contributed by atoms with Crippen molar-refractivity contribution in [1.82, 2.24) is 19.0 Å². The van der Waals surface area contributed by atoms with E-state index in [1.807, 2.05) is 60.9 Å². The first-order chi connectivity index (χ1) is 16.6. The van der Waals surface area contributed by atoms with Gasteiger partial charge in [0.25, 0.3) is 5.91 Å². The van der Waals surface area contributed by atoms with E-state index in [9.17, 15) is 13.2 Å². The molecule has 9 heteroatoms. The van der Waals surface area contributed by atoms with Crippen molar-refractivity contribution in [3.05, 3.63) is 65.9 Å². The molecule has 0 saturated carbocycles. The van der Waals surface area contributed by atoms with Crippen molar-refractivity contribution in [2.24, 2.45) is 7.05 Å². The van der Waals surface area contributed by atoms with Gasteiger partial charge in [0.1, 0.15) is 11.4 Å². The van der Waals surface area contributed by atoms with E-state index in [-0.39, 0.29) is 16.8 Å². The minimum absolute atomic E-state index is 0.108. The Morgan fingerprint density at radius 2 is 1.74 bits per heavy atom. The lowest BCUT2D eigenvalue weighted by atomic mass is 9.81. The van der Waals surface area contributed by atoms with Crippen molar-refractivity contribution >= 4 is 15.9 Å². The number of hydrogen-bond acceptors (Lipinski definition) is 5. The minimum Gasteiger partial charge on any atom is -0.482 e. The summed E-state index contributed by atoms with van der Waals surface area (Å²) in [7, 11) is -0.0930. The summed E-state index contributed by atoms with van der Waals surface area (Å²) < 4.78 is 35.2. The summed E-state index contributed by atoms with van der Waals surface area (Å²) in [4.78, 5) is 15.2. The number of aromatic nitrogens is 2. The molecule has 1 saturated heterocycles. The molecule has 3 heterocycles. The Bertz CT molecular complexity index is 1370. The first kappa shape index (κ1) is 23.6. The number of hydrogen-bond donors (Lipinski definition) is 0. The van der Waals surface area contributed by atoms with E-state index < -0.39 is 15.6 Å². The quantitative estimate of drug-likeness (QED) is 0.553. The monoisotopic (exact) mass is 494 g/mol. The molecule has 0 unspecified atom stereocenters. The fourth-order valence-electron chi connectivity index (χ4n) is 4.95. The number of benzene rings is 2. The van der Waals surface area contributed by atoms with Crippen LogP contribution in [0, 0.1) is 0 Å². The molecule has 1 fully saturated rings. The van der Waals surface area contributed by atoms with E-state index in [1.54, 1.807) is 19.2 Å². The molecule has 2 aromatic carbocycles. The molecule has 184 valence electrons. The van der Waals surface area contributed by atoms with Gasteiger partial charge in [-0.25, -0.2) is 8.42 Å². The Hall–Kier alpha value is -3.17. The SMILES string of the molecule is CC(C)N(C)S(=O)(=O)c1ccc(C(=O)N2CCC3(CC2)Oc2ccccc2-c2c3cnn2C)cc1. The third kappa shape index (κ3) is 3.83. The highest BCUT2D eigenvalue weighted by Gasteiger charge is 2.45. The second-order valence-corrected chi connectivity index (χ2v) is 11.6. The summed E-state index contributed by atoms with van der Waals surface area (Å²) in [5, 5.41) is 4.50. The van der Waals surface area contributed by atoms with Crippen molar-refractivity contribution in [1.29, 1.82) is 0 Å². The summed E-state index contributed by atoms with van der Waals surface area (Å²) >= 11 is 0. The van der Waals surface area contributed by atoms with Crippen LogP contribution in [-0.2, 0) is 22.7 Å². The van der Waals surface area contributed by atoms with Crippen molar-refractivity contribution in [3.63, 3.8) is 0 Å². The maximum absolute atomic E-state index is 13.2. The van der Waals surface area contributed by atoms with Crippen LogP contribution in [0.3, 0.4) is 0 Å². The molecule has 0 N–H and O–H groups in total. The van der Waals surface area contributed by atoms with Gasteiger partial charge in [-0.15, -0.1) is 0 Å². The number of sulfonamides is 1. The van der Waals surface area contributed by atoms with E-state index >= 15 is 0 Å². The zero-order valence-corrected chi connectivity index (χ0v) is 21.2. The number of nitrogens with zero attached hydrogens (tertiary/aromatic N) is 4. The first-order valence-corrected chi connectivity index (χ1v) is 13.3. The normalized spacial score (nSPS) is 16.8. The molecule has 0 radical (unpaired) electrons. The number of piperidine rings is 1. The Morgan fingerprint density at radius 3 is 2.40 bits per heavy atom. The third-order valence-electron chi connectivity index (χ3n) is 7.24. The van der Waals surface area contributed by atoms with Crippen molar-refractivity contribution < 1.29 is 17.9 Å². The van der Waals surface area contributed by atoms with Crippen molar-refractivity contribution in [2.75, 3.05) is 20.1 Å². The Morgan fingerprint density at radius 1 is 1.09 bits per heavy atom. The average molecular weight is 495 g/mol. The van der Waals surface area contributed by atoms with Gasteiger partial charge < -0.3 is 9.64 Å². The predicted molar refractivity (Wildman–Crippen MR) is 133 cm³/mol. The minimum atomic E-state index is -3.59. The lowest BCUT2D eigenvalue weighted by Crippen LogP contribution is -2.49. The van der Waals surface area contributed by atoms with Crippen LogP contribution in [0.1, 0.15) is 42.6 Å². The van der Waals surface area contributed by atoms with E-state index in [0.29, 0.717) is 31.5 Å². The summed E-state index contributed by atoms with van der Waals surface area (Å²) in [5.74, 6) is 0.732. The summed E-state index contributed by atoms with van der Waals surface area (Å²) in [6.07, 6.45) is 3.19. The molecule has 5 rings (SSSR count).